The fraction of sp³-hybridized carbons (Fsp3) is 0.240. The van der Waals surface area contributed by atoms with Crippen molar-refractivity contribution in [2.75, 3.05) is 7.11 Å². The van der Waals surface area contributed by atoms with Gasteiger partial charge in [-0.1, -0.05) is 36.4 Å². The van der Waals surface area contributed by atoms with Crippen molar-refractivity contribution in [2.45, 2.75) is 32.4 Å². The minimum atomic E-state index is -0.808. The van der Waals surface area contributed by atoms with Gasteiger partial charge in [-0.15, -0.1) is 0 Å². The average molecular weight is 455 g/mol. The number of carbonyl (C=O) groups excluding carboxylic acids is 2. The van der Waals surface area contributed by atoms with Gasteiger partial charge in [0.05, 0.1) is 13.7 Å². The zero-order chi connectivity index (χ0) is 23.8. The first kappa shape index (κ1) is 23.8. The van der Waals surface area contributed by atoms with E-state index in [4.69, 9.17) is 9.47 Å². The lowest BCUT2D eigenvalue weighted by molar-refractivity contribution is -0.108. The summed E-state index contributed by atoms with van der Waals surface area (Å²) < 4.78 is 38.9. The predicted octanol–water partition coefficient (Wildman–Crippen LogP) is 3.87. The molecular weight excluding hydrogens is 432 g/mol. The molecule has 0 aliphatic rings. The third-order valence-corrected chi connectivity index (χ3v) is 5.10. The van der Waals surface area contributed by atoms with E-state index in [2.05, 4.69) is 0 Å². The van der Waals surface area contributed by atoms with Crippen LogP contribution >= 0.6 is 0 Å². The van der Waals surface area contributed by atoms with Crippen molar-refractivity contribution in [3.8, 4) is 5.75 Å². The number of aldehydes is 1. The van der Waals surface area contributed by atoms with Crippen LogP contribution in [-0.4, -0.2) is 23.9 Å². The largest absolute Gasteiger partial charge is 0.482 e. The van der Waals surface area contributed by atoms with E-state index >= 15 is 0 Å². The van der Waals surface area contributed by atoms with Crippen molar-refractivity contribution in [2.24, 2.45) is 0 Å². The second-order valence-electron chi connectivity index (χ2n) is 7.34. The summed E-state index contributed by atoms with van der Waals surface area (Å²) in [6.07, 6.45) is 2.90. The van der Waals surface area contributed by atoms with Crippen LogP contribution in [-0.2, 0) is 35.5 Å². The van der Waals surface area contributed by atoms with Crippen LogP contribution < -0.4 is 10.2 Å². The molecule has 0 radical (unpaired) electrons. The molecule has 0 saturated carbocycles. The molecule has 3 aromatic rings. The monoisotopic (exact) mass is 455 g/mol. The van der Waals surface area contributed by atoms with Crippen molar-refractivity contribution in [3.63, 3.8) is 0 Å². The van der Waals surface area contributed by atoms with Gasteiger partial charge in [-0.05, 0) is 36.5 Å². The lowest BCUT2D eigenvalue weighted by atomic mass is 10.0. The molecule has 0 unspecified atom stereocenters. The summed E-state index contributed by atoms with van der Waals surface area (Å²) in [7, 11) is 1.17. The standard InChI is InChI=1S/C25H23F2NO5/c1-32-25(31)22-24(33-16-17-6-3-2-4-7-17)23(30)19(15-28(22)12-13-29)9-5-8-18-10-11-20(26)14-21(18)27/h2-4,6-7,10-11,13-15H,5,8-9,12,16H2,1H3. The number of hydrogen-bond donors (Lipinski definition) is 0. The van der Waals surface area contributed by atoms with Crippen LogP contribution in [0.5, 0.6) is 5.75 Å². The molecule has 0 amide bonds. The molecule has 6 nitrogen and oxygen atoms in total. The number of esters is 1. The molecule has 2 aromatic carbocycles. The molecule has 1 heterocycles. The summed E-state index contributed by atoms with van der Waals surface area (Å²) >= 11 is 0. The lowest BCUT2D eigenvalue weighted by Crippen LogP contribution is -2.25. The molecule has 33 heavy (non-hydrogen) atoms. The summed E-state index contributed by atoms with van der Waals surface area (Å²) in [5.41, 5.74) is 0.755. The molecule has 8 heteroatoms. The Hall–Kier alpha value is -3.81. The van der Waals surface area contributed by atoms with Crippen LogP contribution in [0.4, 0.5) is 8.78 Å². The van der Waals surface area contributed by atoms with E-state index in [1.54, 1.807) is 0 Å². The number of carbonyl (C=O) groups is 2. The van der Waals surface area contributed by atoms with Gasteiger partial charge < -0.3 is 18.8 Å². The number of aryl methyl sites for hydroxylation is 2. The van der Waals surface area contributed by atoms with Crippen molar-refractivity contribution in [3.05, 3.63) is 99.0 Å². The second-order valence-corrected chi connectivity index (χ2v) is 7.34. The highest BCUT2D eigenvalue weighted by Gasteiger charge is 2.23. The molecule has 0 aliphatic heterocycles. The van der Waals surface area contributed by atoms with Gasteiger partial charge in [-0.2, -0.15) is 0 Å². The summed E-state index contributed by atoms with van der Waals surface area (Å²) in [6, 6.07) is 12.4. The van der Waals surface area contributed by atoms with Gasteiger partial charge in [-0.3, -0.25) is 4.79 Å². The average Bonchev–Trinajstić information content (AvgIpc) is 2.81. The highest BCUT2D eigenvalue weighted by molar-refractivity contribution is 5.90. The van der Waals surface area contributed by atoms with Crippen LogP contribution in [0.1, 0.15) is 33.6 Å². The lowest BCUT2D eigenvalue weighted by Gasteiger charge is -2.17. The van der Waals surface area contributed by atoms with Crippen LogP contribution in [0.25, 0.3) is 0 Å². The molecule has 3 rings (SSSR count). The van der Waals surface area contributed by atoms with E-state index < -0.39 is 23.0 Å². The van der Waals surface area contributed by atoms with E-state index in [0.717, 1.165) is 11.6 Å². The first-order valence-corrected chi connectivity index (χ1v) is 10.3. The number of hydrogen-bond acceptors (Lipinski definition) is 5. The molecule has 172 valence electrons. The molecule has 0 bridgehead atoms. The summed E-state index contributed by atoms with van der Waals surface area (Å²) in [5, 5.41) is 0. The molecule has 0 spiro atoms. The SMILES string of the molecule is COC(=O)c1c(OCc2ccccc2)c(=O)c(CCCc2ccc(F)cc2F)cn1CC=O. The summed E-state index contributed by atoms with van der Waals surface area (Å²) in [6.45, 7) is -0.155. The molecule has 0 fully saturated rings. The highest BCUT2D eigenvalue weighted by Crippen LogP contribution is 2.20. The number of halogens is 2. The van der Waals surface area contributed by atoms with Gasteiger partial charge in [0, 0.05) is 17.8 Å². The minimum absolute atomic E-state index is 0.0331. The van der Waals surface area contributed by atoms with Crippen LogP contribution in [0.15, 0.2) is 59.5 Å². The fourth-order valence-corrected chi connectivity index (χ4v) is 3.46. The topological polar surface area (TPSA) is 74.6 Å². The van der Waals surface area contributed by atoms with E-state index in [-0.39, 0.29) is 37.4 Å². The second kappa shape index (κ2) is 11.2. The maximum Gasteiger partial charge on any atom is 0.358 e. The predicted molar refractivity (Wildman–Crippen MR) is 117 cm³/mol. The highest BCUT2D eigenvalue weighted by atomic mass is 19.1. The quantitative estimate of drug-likeness (QED) is 0.343. The smallest absolute Gasteiger partial charge is 0.358 e. The number of aromatic nitrogens is 1. The fourth-order valence-electron chi connectivity index (χ4n) is 3.46. The Bertz CT molecular complexity index is 1190. The molecule has 0 aliphatic carbocycles. The summed E-state index contributed by atoms with van der Waals surface area (Å²) in [5.74, 6) is -2.33. The Labute approximate surface area is 189 Å². The van der Waals surface area contributed by atoms with Crippen molar-refractivity contribution < 1.29 is 27.8 Å². The van der Waals surface area contributed by atoms with E-state index in [0.29, 0.717) is 23.8 Å². The maximum absolute atomic E-state index is 13.9. The Morgan fingerprint density at radius 3 is 2.45 bits per heavy atom. The number of ether oxygens (including phenoxy) is 2. The first-order valence-electron chi connectivity index (χ1n) is 10.3. The number of methoxy groups -OCH3 is 1. The Morgan fingerprint density at radius 1 is 1.06 bits per heavy atom. The van der Waals surface area contributed by atoms with Crippen molar-refractivity contribution in [1.29, 1.82) is 0 Å². The number of pyridine rings is 1. The third kappa shape index (κ3) is 5.91. The van der Waals surface area contributed by atoms with Gasteiger partial charge in [0.15, 0.2) is 11.4 Å². The molecule has 0 atom stereocenters. The van der Waals surface area contributed by atoms with Crippen LogP contribution in [0, 0.1) is 11.6 Å². The van der Waals surface area contributed by atoms with Gasteiger partial charge in [0.2, 0.25) is 5.43 Å². The Balaban J connectivity index is 1.92. The van der Waals surface area contributed by atoms with Crippen molar-refractivity contribution >= 4 is 12.3 Å². The van der Waals surface area contributed by atoms with E-state index in [1.165, 1.54) is 30.0 Å². The molecular formula is C25H23F2NO5. The maximum atomic E-state index is 13.9. The van der Waals surface area contributed by atoms with Crippen LogP contribution in [0.2, 0.25) is 0 Å². The normalized spacial score (nSPS) is 10.6. The first-order chi connectivity index (χ1) is 15.9. The summed E-state index contributed by atoms with van der Waals surface area (Å²) in [4.78, 5) is 36.8. The minimum Gasteiger partial charge on any atom is -0.482 e. The number of benzene rings is 2. The van der Waals surface area contributed by atoms with Gasteiger partial charge in [0.1, 0.15) is 24.5 Å². The van der Waals surface area contributed by atoms with E-state index in [1.807, 2.05) is 30.3 Å². The van der Waals surface area contributed by atoms with Crippen molar-refractivity contribution in [1.82, 2.24) is 4.57 Å². The molecule has 0 N–H and O–H groups in total. The number of nitrogens with zero attached hydrogens (tertiary/aromatic N) is 1. The zero-order valence-electron chi connectivity index (χ0n) is 18.1. The Kier molecular flexibility index (Phi) is 8.07. The van der Waals surface area contributed by atoms with Gasteiger partial charge in [-0.25, -0.2) is 13.6 Å². The zero-order valence-corrected chi connectivity index (χ0v) is 18.1. The third-order valence-electron chi connectivity index (χ3n) is 5.10. The van der Waals surface area contributed by atoms with E-state index in [9.17, 15) is 23.2 Å². The number of rotatable bonds is 10. The molecule has 1 aromatic heterocycles. The Morgan fingerprint density at radius 2 is 1.79 bits per heavy atom. The van der Waals surface area contributed by atoms with Gasteiger partial charge >= 0.3 is 5.97 Å². The molecule has 0 saturated heterocycles. The van der Waals surface area contributed by atoms with Gasteiger partial charge in [0.25, 0.3) is 0 Å². The van der Waals surface area contributed by atoms with Crippen LogP contribution in [0.3, 0.4) is 0 Å².